The van der Waals surface area contributed by atoms with Crippen molar-refractivity contribution in [3.8, 4) is 0 Å². The lowest BCUT2D eigenvalue weighted by atomic mass is 9.81. The zero-order valence-electron chi connectivity index (χ0n) is 15.2. The molecule has 0 saturated heterocycles. The van der Waals surface area contributed by atoms with E-state index in [9.17, 15) is 0 Å². The largest absolute Gasteiger partial charge is 0.0654 e. The van der Waals surface area contributed by atoms with Crippen LogP contribution in [0, 0.1) is 11.8 Å². The first kappa shape index (κ1) is 19.0. The second-order valence-electron chi connectivity index (χ2n) is 7.70. The molecule has 0 amide bonds. The molecule has 0 nitrogen and oxygen atoms in total. The number of hydrogen-bond acceptors (Lipinski definition) is 0. The minimum atomic E-state index is 0.981. The van der Waals surface area contributed by atoms with Gasteiger partial charge < -0.3 is 0 Å². The summed E-state index contributed by atoms with van der Waals surface area (Å²) in [6.45, 7) is 4.86. The summed E-state index contributed by atoms with van der Waals surface area (Å²) in [5, 5.41) is 0. The van der Waals surface area contributed by atoms with Gasteiger partial charge in [0.05, 0.1) is 0 Å². The highest BCUT2D eigenvalue weighted by Crippen LogP contribution is 2.30. The minimum absolute atomic E-state index is 0.981. The van der Waals surface area contributed by atoms with Gasteiger partial charge in [-0.05, 0) is 11.8 Å². The molecule has 126 valence electrons. The van der Waals surface area contributed by atoms with Gasteiger partial charge in [-0.1, -0.05) is 123 Å². The van der Waals surface area contributed by atoms with E-state index in [1.165, 1.54) is 109 Å². The molecule has 0 heteroatoms. The quantitative estimate of drug-likeness (QED) is 0.418. The topological polar surface area (TPSA) is 0 Å². The van der Waals surface area contributed by atoms with Crippen LogP contribution in [-0.4, -0.2) is 0 Å². The van der Waals surface area contributed by atoms with Gasteiger partial charge in [0.15, 0.2) is 0 Å². The zero-order valence-corrected chi connectivity index (χ0v) is 15.2. The van der Waals surface area contributed by atoms with Crippen LogP contribution >= 0.6 is 0 Å². The lowest BCUT2D eigenvalue weighted by Gasteiger charge is -2.25. The summed E-state index contributed by atoms with van der Waals surface area (Å²) in [5.74, 6) is 2.02. The first-order valence-corrected chi connectivity index (χ1v) is 10.3. The Morgan fingerprint density at radius 2 is 1.14 bits per heavy atom. The molecule has 1 saturated carbocycles. The fourth-order valence-electron chi connectivity index (χ4n) is 4.07. The van der Waals surface area contributed by atoms with E-state index in [0.717, 1.165) is 11.8 Å². The zero-order chi connectivity index (χ0) is 15.2. The maximum atomic E-state index is 2.55. The molecular weight excluding hydrogens is 252 g/mol. The van der Waals surface area contributed by atoms with Crippen LogP contribution in [0.4, 0.5) is 0 Å². The van der Waals surface area contributed by atoms with Gasteiger partial charge in [0.25, 0.3) is 0 Å². The van der Waals surface area contributed by atoms with Gasteiger partial charge in [0.1, 0.15) is 0 Å². The number of hydrogen-bond donors (Lipinski definition) is 0. The van der Waals surface area contributed by atoms with Gasteiger partial charge in [-0.2, -0.15) is 0 Å². The third kappa shape index (κ3) is 10.4. The lowest BCUT2D eigenvalue weighted by molar-refractivity contribution is 0.272. The maximum Gasteiger partial charge on any atom is -0.0388 e. The van der Waals surface area contributed by atoms with Gasteiger partial charge in [0.2, 0.25) is 0 Å². The van der Waals surface area contributed by atoms with Crippen molar-refractivity contribution >= 4 is 0 Å². The predicted octanol–water partition coefficient (Wildman–Crippen LogP) is 7.90. The molecule has 0 N–H and O–H groups in total. The van der Waals surface area contributed by atoms with Crippen LogP contribution < -0.4 is 0 Å². The van der Waals surface area contributed by atoms with Crippen molar-refractivity contribution in [2.45, 2.75) is 123 Å². The summed E-state index contributed by atoms with van der Waals surface area (Å²) in [5.41, 5.74) is 0. The van der Waals surface area contributed by atoms with Crippen molar-refractivity contribution in [2.24, 2.45) is 11.8 Å². The van der Waals surface area contributed by atoms with E-state index in [2.05, 4.69) is 13.8 Å². The van der Waals surface area contributed by atoms with E-state index in [-0.39, 0.29) is 0 Å². The molecule has 1 unspecified atom stereocenters. The fraction of sp³-hybridized carbons (Fsp3) is 1.00. The average molecular weight is 295 g/mol. The van der Waals surface area contributed by atoms with Gasteiger partial charge in [-0.25, -0.2) is 0 Å². The standard InChI is InChI=1S/C21H42/c1-3-4-5-11-14-17-20(2)21-18-15-12-9-7-6-8-10-13-16-19-21/h20-21H,3-19H2,1-2H3. The van der Waals surface area contributed by atoms with Gasteiger partial charge in [-0.3, -0.25) is 0 Å². The highest BCUT2D eigenvalue weighted by molar-refractivity contribution is 4.68. The van der Waals surface area contributed by atoms with E-state index in [4.69, 9.17) is 0 Å². The van der Waals surface area contributed by atoms with E-state index >= 15 is 0 Å². The van der Waals surface area contributed by atoms with Crippen LogP contribution in [0.5, 0.6) is 0 Å². The molecule has 1 atom stereocenters. The SMILES string of the molecule is CCCCCCCC(C)C1CCCCCCCCCCC1. The Kier molecular flexibility index (Phi) is 12.4. The fourth-order valence-corrected chi connectivity index (χ4v) is 4.07. The molecule has 0 heterocycles. The van der Waals surface area contributed by atoms with Gasteiger partial charge >= 0.3 is 0 Å². The van der Waals surface area contributed by atoms with Crippen LogP contribution in [0.2, 0.25) is 0 Å². The molecule has 0 aromatic rings. The summed E-state index contributed by atoms with van der Waals surface area (Å²) in [6.07, 6.45) is 25.3. The predicted molar refractivity (Wildman–Crippen MR) is 96.8 cm³/mol. The Morgan fingerprint density at radius 3 is 1.67 bits per heavy atom. The van der Waals surface area contributed by atoms with Crippen LogP contribution in [0.1, 0.15) is 123 Å². The summed E-state index contributed by atoms with van der Waals surface area (Å²) >= 11 is 0. The molecule has 1 rings (SSSR count). The third-order valence-corrected chi connectivity index (χ3v) is 5.72. The van der Waals surface area contributed by atoms with Crippen LogP contribution in [-0.2, 0) is 0 Å². The van der Waals surface area contributed by atoms with Crippen molar-refractivity contribution < 1.29 is 0 Å². The highest BCUT2D eigenvalue weighted by atomic mass is 14.2. The van der Waals surface area contributed by atoms with Crippen LogP contribution in [0.25, 0.3) is 0 Å². The average Bonchev–Trinajstić information content (AvgIpc) is 2.47. The third-order valence-electron chi connectivity index (χ3n) is 5.72. The number of rotatable bonds is 7. The lowest BCUT2D eigenvalue weighted by Crippen LogP contribution is -2.12. The second kappa shape index (κ2) is 13.6. The normalized spacial score (nSPS) is 21.4. The summed E-state index contributed by atoms with van der Waals surface area (Å²) in [7, 11) is 0. The second-order valence-corrected chi connectivity index (χ2v) is 7.70. The van der Waals surface area contributed by atoms with Crippen molar-refractivity contribution in [3.05, 3.63) is 0 Å². The summed E-state index contributed by atoms with van der Waals surface area (Å²) < 4.78 is 0. The molecule has 0 aromatic heterocycles. The Labute approximate surface area is 135 Å². The molecule has 1 aliphatic carbocycles. The first-order valence-electron chi connectivity index (χ1n) is 10.3. The van der Waals surface area contributed by atoms with E-state index < -0.39 is 0 Å². The summed E-state index contributed by atoms with van der Waals surface area (Å²) in [6, 6.07) is 0. The molecule has 21 heavy (non-hydrogen) atoms. The molecule has 0 spiro atoms. The molecule has 0 aliphatic heterocycles. The van der Waals surface area contributed by atoms with Crippen molar-refractivity contribution in [3.63, 3.8) is 0 Å². The Hall–Kier alpha value is 0. The number of unbranched alkanes of at least 4 members (excludes halogenated alkanes) is 4. The molecule has 1 aliphatic rings. The van der Waals surface area contributed by atoms with Crippen LogP contribution in [0.15, 0.2) is 0 Å². The summed E-state index contributed by atoms with van der Waals surface area (Å²) in [4.78, 5) is 0. The smallest absolute Gasteiger partial charge is 0.0388 e. The monoisotopic (exact) mass is 294 g/mol. The Balaban J connectivity index is 2.22. The minimum Gasteiger partial charge on any atom is -0.0654 e. The van der Waals surface area contributed by atoms with E-state index in [1.807, 2.05) is 0 Å². The first-order chi connectivity index (χ1) is 10.3. The van der Waals surface area contributed by atoms with E-state index in [1.54, 1.807) is 0 Å². The van der Waals surface area contributed by atoms with E-state index in [0.29, 0.717) is 0 Å². The van der Waals surface area contributed by atoms with Crippen molar-refractivity contribution in [2.75, 3.05) is 0 Å². The maximum absolute atomic E-state index is 2.55. The molecule has 1 fully saturated rings. The van der Waals surface area contributed by atoms with Gasteiger partial charge in [-0.15, -0.1) is 0 Å². The molecule has 0 bridgehead atoms. The van der Waals surface area contributed by atoms with Crippen molar-refractivity contribution in [1.82, 2.24) is 0 Å². The van der Waals surface area contributed by atoms with Crippen molar-refractivity contribution in [1.29, 1.82) is 0 Å². The molecular formula is C21H42. The molecule has 0 radical (unpaired) electrons. The van der Waals surface area contributed by atoms with Gasteiger partial charge in [0, 0.05) is 0 Å². The highest BCUT2D eigenvalue weighted by Gasteiger charge is 2.16. The Bertz CT molecular complexity index is 196. The Morgan fingerprint density at radius 1 is 0.667 bits per heavy atom. The molecule has 0 aromatic carbocycles. The van der Waals surface area contributed by atoms with Crippen LogP contribution in [0.3, 0.4) is 0 Å².